The van der Waals surface area contributed by atoms with E-state index in [1.165, 1.54) is 16.6 Å². The van der Waals surface area contributed by atoms with Crippen molar-refractivity contribution < 1.29 is 0 Å². The summed E-state index contributed by atoms with van der Waals surface area (Å²) in [7, 11) is 0. The molecule has 2 aromatic heterocycles. The molecular weight excluding hydrogens is 286 g/mol. The molecule has 2 aromatic rings. The van der Waals surface area contributed by atoms with Gasteiger partial charge in [-0.3, -0.25) is 0 Å². The van der Waals surface area contributed by atoms with E-state index >= 15 is 0 Å². The Labute approximate surface area is 120 Å². The van der Waals surface area contributed by atoms with Gasteiger partial charge in [-0.25, -0.2) is 9.97 Å². The normalized spacial score (nSPS) is 12.4. The van der Waals surface area contributed by atoms with Crippen molar-refractivity contribution in [1.82, 2.24) is 9.97 Å². The molecule has 0 saturated heterocycles. The summed E-state index contributed by atoms with van der Waals surface area (Å²) in [4.78, 5) is 9.86. The number of aromatic nitrogens is 2. The predicted octanol–water partition coefficient (Wildman–Crippen LogP) is 3.96. The molecule has 0 bridgehead atoms. The van der Waals surface area contributed by atoms with Crippen molar-refractivity contribution in [2.45, 2.75) is 24.5 Å². The van der Waals surface area contributed by atoms with E-state index in [4.69, 9.17) is 11.6 Å². The summed E-state index contributed by atoms with van der Waals surface area (Å²) in [5.41, 5.74) is 0. The van der Waals surface area contributed by atoms with Crippen LogP contribution in [-0.4, -0.2) is 22.3 Å². The highest BCUT2D eigenvalue weighted by Crippen LogP contribution is 2.19. The fourth-order valence-electron chi connectivity index (χ4n) is 1.60. The molecule has 0 aliphatic heterocycles. The number of rotatable bonds is 5. The molecule has 1 unspecified atom stereocenters. The van der Waals surface area contributed by atoms with Gasteiger partial charge in [0.25, 0.3) is 0 Å². The highest BCUT2D eigenvalue weighted by Gasteiger charge is 2.07. The molecule has 0 saturated carbocycles. The molecular formula is C12H14ClN3S2. The van der Waals surface area contributed by atoms with Gasteiger partial charge in [0.15, 0.2) is 5.16 Å². The Hall–Kier alpha value is -0.780. The van der Waals surface area contributed by atoms with E-state index in [1.54, 1.807) is 17.4 Å². The van der Waals surface area contributed by atoms with Crippen molar-refractivity contribution in [2.75, 3.05) is 11.6 Å². The predicted molar refractivity (Wildman–Crippen MR) is 79.9 cm³/mol. The highest BCUT2D eigenvalue weighted by molar-refractivity contribution is 7.98. The van der Waals surface area contributed by atoms with Gasteiger partial charge in [-0.05, 0) is 24.6 Å². The zero-order valence-electron chi connectivity index (χ0n) is 10.2. The Morgan fingerprint density at radius 3 is 3.00 bits per heavy atom. The van der Waals surface area contributed by atoms with Gasteiger partial charge in [0.05, 0.1) is 0 Å². The number of nitrogens with one attached hydrogen (secondary N) is 1. The summed E-state index contributed by atoms with van der Waals surface area (Å²) in [5, 5.41) is 6.61. The van der Waals surface area contributed by atoms with Crippen LogP contribution in [-0.2, 0) is 6.42 Å². The van der Waals surface area contributed by atoms with Gasteiger partial charge in [-0.2, -0.15) is 0 Å². The van der Waals surface area contributed by atoms with Crippen LogP contribution in [0.1, 0.15) is 11.8 Å². The maximum absolute atomic E-state index is 5.95. The van der Waals surface area contributed by atoms with Crippen LogP contribution in [0.4, 0.5) is 5.82 Å². The summed E-state index contributed by atoms with van der Waals surface area (Å²) in [6, 6.07) is 6.28. The van der Waals surface area contributed by atoms with Crippen LogP contribution < -0.4 is 5.32 Å². The number of anilines is 1. The Kier molecular flexibility index (Phi) is 4.86. The highest BCUT2D eigenvalue weighted by atomic mass is 35.5. The van der Waals surface area contributed by atoms with Crippen molar-refractivity contribution in [3.05, 3.63) is 33.6 Å². The third kappa shape index (κ3) is 3.86. The summed E-state index contributed by atoms with van der Waals surface area (Å²) in [6.07, 6.45) is 2.92. The molecule has 3 nitrogen and oxygen atoms in total. The number of hydrogen-bond donors (Lipinski definition) is 1. The lowest BCUT2D eigenvalue weighted by atomic mass is 10.2. The second-order valence-electron chi connectivity index (χ2n) is 3.89. The standard InChI is InChI=1S/C12H14ClN3S2/c1-8(6-9-4-3-5-18-9)14-11-7-10(13)15-12(16-11)17-2/h3-5,7-8H,6H2,1-2H3,(H,14,15,16). The van der Waals surface area contributed by atoms with Gasteiger partial charge >= 0.3 is 0 Å². The average Bonchev–Trinajstić information content (AvgIpc) is 2.80. The molecule has 18 heavy (non-hydrogen) atoms. The van der Waals surface area contributed by atoms with Gasteiger partial charge in [0, 0.05) is 23.4 Å². The number of hydrogen-bond acceptors (Lipinski definition) is 5. The SMILES string of the molecule is CSc1nc(Cl)cc(NC(C)Cc2cccs2)n1. The first-order valence-corrected chi connectivity index (χ1v) is 8.03. The van der Waals surface area contributed by atoms with Crippen LogP contribution in [0.3, 0.4) is 0 Å². The first-order chi connectivity index (χ1) is 8.67. The van der Waals surface area contributed by atoms with Gasteiger partial charge in [-0.15, -0.1) is 11.3 Å². The monoisotopic (exact) mass is 299 g/mol. The topological polar surface area (TPSA) is 37.8 Å². The fraction of sp³-hybridized carbons (Fsp3) is 0.333. The van der Waals surface area contributed by atoms with E-state index in [9.17, 15) is 0 Å². The smallest absolute Gasteiger partial charge is 0.190 e. The van der Waals surface area contributed by atoms with Crippen LogP contribution >= 0.6 is 34.7 Å². The van der Waals surface area contributed by atoms with Crippen molar-refractivity contribution >= 4 is 40.5 Å². The van der Waals surface area contributed by atoms with E-state index in [2.05, 4.69) is 39.7 Å². The van der Waals surface area contributed by atoms with Gasteiger partial charge in [-0.1, -0.05) is 29.4 Å². The van der Waals surface area contributed by atoms with Crippen molar-refractivity contribution in [3.63, 3.8) is 0 Å². The van der Waals surface area contributed by atoms with Gasteiger partial charge in [0.1, 0.15) is 11.0 Å². The van der Waals surface area contributed by atoms with Crippen LogP contribution in [0.5, 0.6) is 0 Å². The van der Waals surface area contributed by atoms with E-state index < -0.39 is 0 Å². The van der Waals surface area contributed by atoms with Gasteiger partial charge < -0.3 is 5.32 Å². The molecule has 0 aliphatic rings. The van der Waals surface area contributed by atoms with Crippen molar-refractivity contribution in [2.24, 2.45) is 0 Å². The second-order valence-corrected chi connectivity index (χ2v) is 6.08. The molecule has 0 spiro atoms. The van der Waals surface area contributed by atoms with Crippen molar-refractivity contribution in [1.29, 1.82) is 0 Å². The van der Waals surface area contributed by atoms with E-state index in [-0.39, 0.29) is 0 Å². The van der Waals surface area contributed by atoms with Crippen LogP contribution in [0.2, 0.25) is 5.15 Å². The summed E-state index contributed by atoms with van der Waals surface area (Å²) in [6.45, 7) is 2.13. The summed E-state index contributed by atoms with van der Waals surface area (Å²) >= 11 is 9.21. The average molecular weight is 300 g/mol. The molecule has 0 radical (unpaired) electrons. The molecule has 0 fully saturated rings. The Balaban J connectivity index is 2.02. The third-order valence-corrected chi connectivity index (χ3v) is 3.98. The van der Waals surface area contributed by atoms with Crippen LogP contribution in [0, 0.1) is 0 Å². The van der Waals surface area contributed by atoms with Gasteiger partial charge in [0.2, 0.25) is 0 Å². The number of thiophene rings is 1. The lowest BCUT2D eigenvalue weighted by Crippen LogP contribution is -2.18. The minimum Gasteiger partial charge on any atom is -0.367 e. The molecule has 96 valence electrons. The Bertz CT molecular complexity index is 502. The molecule has 1 atom stereocenters. The molecule has 0 aromatic carbocycles. The Morgan fingerprint density at radius 1 is 1.50 bits per heavy atom. The number of nitrogens with zero attached hydrogens (tertiary/aromatic N) is 2. The van der Waals surface area contributed by atoms with Crippen LogP contribution in [0.25, 0.3) is 0 Å². The zero-order chi connectivity index (χ0) is 13.0. The van der Waals surface area contributed by atoms with E-state index in [1.807, 2.05) is 6.26 Å². The largest absolute Gasteiger partial charge is 0.367 e. The first kappa shape index (κ1) is 13.6. The molecule has 2 heterocycles. The maximum atomic E-state index is 5.95. The Morgan fingerprint density at radius 2 is 2.33 bits per heavy atom. The lowest BCUT2D eigenvalue weighted by molar-refractivity contribution is 0.787. The maximum Gasteiger partial charge on any atom is 0.190 e. The quantitative estimate of drug-likeness (QED) is 0.515. The fourth-order valence-corrected chi connectivity index (χ4v) is 3.04. The minimum absolute atomic E-state index is 0.310. The zero-order valence-corrected chi connectivity index (χ0v) is 12.6. The molecule has 0 amide bonds. The molecule has 6 heteroatoms. The molecule has 1 N–H and O–H groups in total. The van der Waals surface area contributed by atoms with Crippen LogP contribution in [0.15, 0.2) is 28.7 Å². The number of thioether (sulfide) groups is 1. The minimum atomic E-state index is 0.310. The van der Waals surface area contributed by atoms with Crippen molar-refractivity contribution in [3.8, 4) is 0 Å². The third-order valence-electron chi connectivity index (χ3n) is 2.34. The number of halogens is 1. The molecule has 0 aliphatic carbocycles. The second kappa shape index (κ2) is 6.41. The first-order valence-electron chi connectivity index (χ1n) is 5.55. The summed E-state index contributed by atoms with van der Waals surface area (Å²) in [5.74, 6) is 0.781. The summed E-state index contributed by atoms with van der Waals surface area (Å²) < 4.78 is 0. The van der Waals surface area contributed by atoms with E-state index in [0.29, 0.717) is 16.4 Å². The molecule has 2 rings (SSSR count). The lowest BCUT2D eigenvalue weighted by Gasteiger charge is -2.14. The van der Waals surface area contributed by atoms with E-state index in [0.717, 1.165) is 12.2 Å².